The van der Waals surface area contributed by atoms with Gasteiger partial charge in [-0.3, -0.25) is 9.78 Å². The average Bonchev–Trinajstić information content (AvgIpc) is 3.62. The summed E-state index contributed by atoms with van der Waals surface area (Å²) in [5.41, 5.74) is 2.58. The molecule has 3 N–H and O–H groups in total. The van der Waals surface area contributed by atoms with Gasteiger partial charge in [0.25, 0.3) is 5.56 Å². The number of aliphatic hydroxyl groups excluding tert-OH is 2. The fourth-order valence-electron chi connectivity index (χ4n) is 7.96. The summed E-state index contributed by atoms with van der Waals surface area (Å²) in [5.74, 6) is 0.512. The number of hydrogen-bond donors (Lipinski definition) is 3. The number of aliphatic hydroxyl groups is 2. The van der Waals surface area contributed by atoms with Crippen LogP contribution in [-0.2, 0) is 21.4 Å². The van der Waals surface area contributed by atoms with E-state index in [9.17, 15) is 19.8 Å². The Labute approximate surface area is 271 Å². The number of hydrogen-bond acceptors (Lipinski definition) is 11. The Balaban J connectivity index is 1.13. The molecule has 0 amide bonds. The van der Waals surface area contributed by atoms with Gasteiger partial charge in [0.15, 0.2) is 28.8 Å². The lowest BCUT2D eigenvalue weighted by molar-refractivity contribution is -0.215. The zero-order chi connectivity index (χ0) is 33.2. The molecule has 47 heavy (non-hydrogen) atoms. The van der Waals surface area contributed by atoms with E-state index in [1.165, 1.54) is 5.56 Å². The molecule has 1 aliphatic carbocycles. The Bertz CT molecular complexity index is 1930. The molecule has 250 valence electrons. The second-order valence-corrected chi connectivity index (χ2v) is 13.3. The van der Waals surface area contributed by atoms with Gasteiger partial charge >= 0.3 is 5.69 Å². The van der Waals surface area contributed by atoms with Crippen molar-refractivity contribution in [2.45, 2.75) is 81.6 Å². The Morgan fingerprint density at radius 3 is 2.57 bits per heavy atom. The van der Waals surface area contributed by atoms with Gasteiger partial charge in [-0.1, -0.05) is 6.07 Å². The number of methoxy groups -OCH3 is 2. The zero-order valence-electron chi connectivity index (χ0n) is 27.3. The number of rotatable bonds is 7. The Kier molecular flexibility index (Phi) is 7.87. The SMILES string of the molecule is COc1ccc([C@]23CCN(C)[C@H]2CC2(CC3)OC[C@H]([C@@H](O)[C@@H](O)Cn3c4nc(=O)[nH]c(=O)c-4nc4cc(C)c(C)cc43)O2)cc1OC. The summed E-state index contributed by atoms with van der Waals surface area (Å²) in [6.45, 7) is 4.75. The predicted molar refractivity (Wildman–Crippen MR) is 172 cm³/mol. The van der Waals surface area contributed by atoms with Crippen LogP contribution in [0.5, 0.6) is 11.5 Å². The quantitative estimate of drug-likeness (QED) is 0.251. The first-order valence-corrected chi connectivity index (χ1v) is 16.0. The number of nitrogens with one attached hydrogen (secondary N) is 1. The first-order valence-electron chi connectivity index (χ1n) is 16.0. The molecule has 5 aliphatic rings. The minimum absolute atomic E-state index is 0.0257. The molecule has 7 rings (SSSR count). The molecule has 13 heteroatoms. The molecule has 4 heterocycles. The Morgan fingerprint density at radius 1 is 1.04 bits per heavy atom. The fourth-order valence-corrected chi connectivity index (χ4v) is 7.96. The Hall–Kier alpha value is -3.88. The molecule has 6 atom stereocenters. The number of aromatic amines is 1. The number of likely N-dealkylation sites (N-methyl/N-ethyl adjacent to an activating group) is 1. The van der Waals surface area contributed by atoms with Gasteiger partial charge in [0.1, 0.15) is 18.3 Å². The highest BCUT2D eigenvalue weighted by Gasteiger charge is 2.58. The van der Waals surface area contributed by atoms with E-state index in [-0.39, 0.29) is 36.1 Å². The number of aryl methyl sites for hydroxylation is 2. The summed E-state index contributed by atoms with van der Waals surface area (Å²) >= 11 is 0. The van der Waals surface area contributed by atoms with E-state index >= 15 is 0 Å². The van der Waals surface area contributed by atoms with E-state index in [1.807, 2.05) is 32.0 Å². The van der Waals surface area contributed by atoms with Crippen molar-refractivity contribution in [3.05, 3.63) is 67.9 Å². The molecule has 0 radical (unpaired) electrons. The normalized spacial score (nSPS) is 27.4. The van der Waals surface area contributed by atoms with E-state index in [4.69, 9.17) is 18.9 Å². The molecular weight excluding hydrogens is 606 g/mol. The number of nitrogens with zero attached hydrogens (tertiary/aromatic N) is 4. The van der Waals surface area contributed by atoms with Crippen molar-refractivity contribution >= 4 is 11.0 Å². The van der Waals surface area contributed by atoms with Crippen LogP contribution >= 0.6 is 0 Å². The molecular formula is C34H41N5O8. The summed E-state index contributed by atoms with van der Waals surface area (Å²) in [7, 11) is 5.39. The summed E-state index contributed by atoms with van der Waals surface area (Å²) in [6.07, 6.45) is -0.431. The van der Waals surface area contributed by atoms with E-state index in [0.29, 0.717) is 35.4 Å². The van der Waals surface area contributed by atoms with E-state index in [1.54, 1.807) is 18.8 Å². The number of benzene rings is 2. The lowest BCUT2D eigenvalue weighted by Gasteiger charge is -2.48. The third-order valence-electron chi connectivity index (χ3n) is 10.7. The number of fused-ring (bicyclic) bond motifs is 3. The standard InChI is InChI=1S/C34H41N5O8/c1-18-12-21-22(13-19(18)2)39(30-28(35-21)31(42)37-32(43)36-30)16-23(40)29(41)26-17-46-34(47-26)9-8-33(10-11-38(3)27(33)15-34)20-6-7-24(44-4)25(14-20)45-5/h6-7,12-14,23,26-27,29,40-41H,8-11,15-17H2,1-5H3,(H,37,42,43)/t23-,26+,27-,29-,33-,34?/m0/s1. The summed E-state index contributed by atoms with van der Waals surface area (Å²) < 4.78 is 25.6. The average molecular weight is 648 g/mol. The Morgan fingerprint density at radius 2 is 1.81 bits per heavy atom. The van der Waals surface area contributed by atoms with Gasteiger partial charge in [-0.2, -0.15) is 4.98 Å². The second kappa shape index (κ2) is 11.7. The fraction of sp³-hybridized carbons (Fsp3) is 0.529. The molecule has 3 fully saturated rings. The van der Waals surface area contributed by atoms with Crippen molar-refractivity contribution in [3.8, 4) is 23.0 Å². The molecule has 1 unspecified atom stereocenters. The molecule has 1 spiro atoms. The number of likely N-dealkylation sites (tertiary alicyclic amines) is 1. The third-order valence-corrected chi connectivity index (χ3v) is 10.7. The molecule has 2 aromatic carbocycles. The number of ether oxygens (including phenoxy) is 4. The maximum Gasteiger partial charge on any atom is 0.349 e. The highest BCUT2D eigenvalue weighted by Crippen LogP contribution is 2.54. The molecule has 0 bridgehead atoms. The van der Waals surface area contributed by atoms with Gasteiger partial charge in [-0.15, -0.1) is 0 Å². The van der Waals surface area contributed by atoms with Crippen LogP contribution in [0.3, 0.4) is 0 Å². The smallest absolute Gasteiger partial charge is 0.349 e. The van der Waals surface area contributed by atoms with Crippen LogP contribution < -0.4 is 20.7 Å². The summed E-state index contributed by atoms with van der Waals surface area (Å²) in [5, 5.41) is 22.9. The molecule has 2 aromatic rings. The molecule has 1 saturated carbocycles. The summed E-state index contributed by atoms with van der Waals surface area (Å²) in [4.78, 5) is 37.9. The monoisotopic (exact) mass is 647 g/mol. The van der Waals surface area contributed by atoms with Crippen LogP contribution in [0, 0.1) is 13.8 Å². The minimum Gasteiger partial charge on any atom is -0.493 e. The first-order chi connectivity index (χ1) is 22.5. The van der Waals surface area contributed by atoms with Gasteiger partial charge in [-0.05, 0) is 81.2 Å². The van der Waals surface area contributed by atoms with Crippen molar-refractivity contribution in [2.75, 3.05) is 34.4 Å². The molecule has 4 aliphatic heterocycles. The van der Waals surface area contributed by atoms with Gasteiger partial charge < -0.3 is 38.6 Å². The largest absolute Gasteiger partial charge is 0.493 e. The van der Waals surface area contributed by atoms with E-state index in [2.05, 4.69) is 39.0 Å². The van der Waals surface area contributed by atoms with Gasteiger partial charge in [0.05, 0.1) is 38.4 Å². The van der Waals surface area contributed by atoms with Crippen LogP contribution in [0.4, 0.5) is 0 Å². The van der Waals surface area contributed by atoms with Crippen molar-refractivity contribution < 1.29 is 29.2 Å². The van der Waals surface area contributed by atoms with E-state index < -0.39 is 35.3 Å². The molecule has 0 aromatic heterocycles. The van der Waals surface area contributed by atoms with Crippen molar-refractivity contribution in [1.82, 2.24) is 24.4 Å². The van der Waals surface area contributed by atoms with Crippen LogP contribution in [0.25, 0.3) is 22.6 Å². The van der Waals surface area contributed by atoms with Gasteiger partial charge in [-0.25, -0.2) is 9.78 Å². The van der Waals surface area contributed by atoms with Gasteiger partial charge in [0.2, 0.25) is 0 Å². The van der Waals surface area contributed by atoms with Crippen LogP contribution in [0.15, 0.2) is 39.9 Å². The maximum atomic E-state index is 12.7. The highest BCUT2D eigenvalue weighted by atomic mass is 16.7. The minimum atomic E-state index is -1.33. The van der Waals surface area contributed by atoms with E-state index in [0.717, 1.165) is 30.5 Å². The van der Waals surface area contributed by atoms with Gasteiger partial charge in [0, 0.05) is 24.3 Å². The van der Waals surface area contributed by atoms with Crippen LogP contribution in [0.1, 0.15) is 42.4 Å². The zero-order valence-corrected chi connectivity index (χ0v) is 27.3. The first kappa shape index (κ1) is 31.7. The lowest BCUT2D eigenvalue weighted by Crippen LogP contribution is -2.53. The number of aromatic nitrogens is 4. The third kappa shape index (κ3) is 5.21. The molecule has 2 saturated heterocycles. The second-order valence-electron chi connectivity index (χ2n) is 13.3. The van der Waals surface area contributed by atoms with Crippen LogP contribution in [-0.4, -0.2) is 99.2 Å². The van der Waals surface area contributed by atoms with Crippen molar-refractivity contribution in [2.24, 2.45) is 0 Å². The molecule has 13 nitrogen and oxygen atoms in total. The maximum absolute atomic E-state index is 12.7. The number of H-pyrrole nitrogens is 1. The topological polar surface area (TPSA) is 161 Å². The van der Waals surface area contributed by atoms with Crippen molar-refractivity contribution in [1.29, 1.82) is 0 Å². The predicted octanol–water partition coefficient (Wildman–Crippen LogP) is 1.88. The van der Waals surface area contributed by atoms with Crippen molar-refractivity contribution in [3.63, 3.8) is 0 Å². The lowest BCUT2D eigenvalue weighted by atomic mass is 9.64. The summed E-state index contributed by atoms with van der Waals surface area (Å²) in [6, 6.07) is 10.00. The highest BCUT2D eigenvalue weighted by molar-refractivity contribution is 5.81. The van der Waals surface area contributed by atoms with Crippen LogP contribution in [0.2, 0.25) is 0 Å².